The fourth-order valence-electron chi connectivity index (χ4n) is 2.67. The van der Waals surface area contributed by atoms with Crippen LogP contribution in [0.25, 0.3) is 15.9 Å². The van der Waals surface area contributed by atoms with Gasteiger partial charge in [-0.3, -0.25) is 9.89 Å². The van der Waals surface area contributed by atoms with E-state index in [9.17, 15) is 4.79 Å². The number of aromatic nitrogens is 3. The van der Waals surface area contributed by atoms with Crippen LogP contribution in [0.3, 0.4) is 0 Å². The predicted molar refractivity (Wildman–Crippen MR) is 105 cm³/mol. The van der Waals surface area contributed by atoms with Gasteiger partial charge in [0.25, 0.3) is 5.56 Å². The summed E-state index contributed by atoms with van der Waals surface area (Å²) in [6.45, 7) is 1.85. The summed E-state index contributed by atoms with van der Waals surface area (Å²) < 4.78 is 7.73. The maximum Gasteiger partial charge on any atom is 0.280 e. The molecule has 0 saturated carbocycles. The van der Waals surface area contributed by atoms with Gasteiger partial charge in [0, 0.05) is 11.9 Å². The van der Waals surface area contributed by atoms with Gasteiger partial charge in [0.15, 0.2) is 0 Å². The van der Waals surface area contributed by atoms with Gasteiger partial charge in [0.1, 0.15) is 5.75 Å². The molecule has 0 amide bonds. The zero-order valence-corrected chi connectivity index (χ0v) is 15.1. The van der Waals surface area contributed by atoms with Crippen LogP contribution in [0, 0.1) is 6.92 Å². The number of rotatable bonds is 4. The summed E-state index contributed by atoms with van der Waals surface area (Å²) in [5.74, 6) is 0.781. The molecule has 1 N–H and O–H groups in total. The zero-order chi connectivity index (χ0) is 18.1. The van der Waals surface area contributed by atoms with Crippen LogP contribution in [-0.4, -0.2) is 28.1 Å². The molecule has 0 aliphatic carbocycles. The van der Waals surface area contributed by atoms with Crippen molar-refractivity contribution in [3.05, 3.63) is 70.1 Å². The van der Waals surface area contributed by atoms with Crippen LogP contribution in [0.1, 0.15) is 11.3 Å². The van der Waals surface area contributed by atoms with Gasteiger partial charge < -0.3 is 4.74 Å². The van der Waals surface area contributed by atoms with Crippen LogP contribution in [0.5, 0.6) is 5.75 Å². The minimum absolute atomic E-state index is 0.139. The van der Waals surface area contributed by atoms with Gasteiger partial charge in [0.2, 0.25) is 5.13 Å². The molecule has 0 fully saturated rings. The van der Waals surface area contributed by atoms with E-state index in [1.807, 2.05) is 55.5 Å². The van der Waals surface area contributed by atoms with E-state index in [4.69, 9.17) is 4.74 Å². The number of hydrogen-bond acceptors (Lipinski definition) is 5. The number of methoxy groups -OCH3 is 1. The van der Waals surface area contributed by atoms with Crippen molar-refractivity contribution >= 4 is 32.9 Å². The molecule has 0 bridgehead atoms. The molecule has 2 heterocycles. The second-order valence-corrected chi connectivity index (χ2v) is 6.72. The van der Waals surface area contributed by atoms with Crippen LogP contribution >= 0.6 is 11.3 Å². The lowest BCUT2D eigenvalue weighted by molar-refractivity contribution is 0.415. The Morgan fingerprint density at radius 1 is 1.23 bits per heavy atom. The Kier molecular flexibility index (Phi) is 4.14. The quantitative estimate of drug-likeness (QED) is 0.559. The van der Waals surface area contributed by atoms with Crippen molar-refractivity contribution in [2.45, 2.75) is 6.92 Å². The molecule has 0 saturated heterocycles. The third kappa shape index (κ3) is 2.93. The summed E-state index contributed by atoms with van der Waals surface area (Å²) in [6, 6.07) is 15.1. The Hall–Kier alpha value is -3.19. The summed E-state index contributed by atoms with van der Waals surface area (Å²) in [5.41, 5.74) is 2.78. The Balaban J connectivity index is 1.69. The number of para-hydroxylation sites is 1. The molecule has 7 heteroatoms. The summed E-state index contributed by atoms with van der Waals surface area (Å²) in [7, 11) is 1.63. The Labute approximate surface area is 153 Å². The Bertz CT molecular complexity index is 1160. The smallest absolute Gasteiger partial charge is 0.280 e. The molecule has 130 valence electrons. The number of hydrogen-bond donors (Lipinski definition) is 1. The molecule has 4 rings (SSSR count). The van der Waals surface area contributed by atoms with Gasteiger partial charge in [-0.05, 0) is 37.3 Å². The normalized spacial score (nSPS) is 11.5. The maximum absolute atomic E-state index is 12.7. The van der Waals surface area contributed by atoms with Crippen molar-refractivity contribution in [3.63, 3.8) is 0 Å². The van der Waals surface area contributed by atoms with Crippen molar-refractivity contribution in [2.75, 3.05) is 7.11 Å². The summed E-state index contributed by atoms with van der Waals surface area (Å²) in [4.78, 5) is 21.6. The fraction of sp³-hybridized carbons (Fsp3) is 0.105. The second-order valence-electron chi connectivity index (χ2n) is 5.71. The van der Waals surface area contributed by atoms with Gasteiger partial charge in [-0.1, -0.05) is 29.5 Å². The topological polar surface area (TPSA) is 72.3 Å². The number of ether oxygens (including phenoxy) is 1. The first-order chi connectivity index (χ1) is 12.7. The van der Waals surface area contributed by atoms with Crippen molar-refractivity contribution in [2.24, 2.45) is 4.99 Å². The van der Waals surface area contributed by atoms with Crippen LogP contribution in [0.2, 0.25) is 0 Å². The standard InChI is InChI=1S/C19H16N4O2S/c1-12-15(18(24)23(22-12)13-6-4-3-5-7-13)11-20-19-21-16-9-8-14(25-2)10-17(16)26-19/h3-11,22H,1-2H3/b20-11+. The first-order valence-electron chi connectivity index (χ1n) is 8.01. The van der Waals surface area contributed by atoms with E-state index in [0.29, 0.717) is 10.7 Å². The summed E-state index contributed by atoms with van der Waals surface area (Å²) in [6.07, 6.45) is 1.57. The van der Waals surface area contributed by atoms with Crippen LogP contribution in [-0.2, 0) is 0 Å². The molecule has 0 spiro atoms. The first kappa shape index (κ1) is 16.3. The van der Waals surface area contributed by atoms with Crippen LogP contribution in [0.4, 0.5) is 5.13 Å². The molecular weight excluding hydrogens is 348 g/mol. The van der Waals surface area contributed by atoms with Gasteiger partial charge in [-0.25, -0.2) is 14.7 Å². The molecule has 6 nitrogen and oxygen atoms in total. The molecule has 2 aromatic heterocycles. The summed E-state index contributed by atoms with van der Waals surface area (Å²) >= 11 is 1.45. The predicted octanol–water partition coefficient (Wildman–Crippen LogP) is 3.84. The number of H-pyrrole nitrogens is 1. The highest BCUT2D eigenvalue weighted by Crippen LogP contribution is 2.30. The molecule has 4 aromatic rings. The molecular formula is C19H16N4O2S. The summed E-state index contributed by atoms with van der Waals surface area (Å²) in [5, 5.41) is 3.68. The second kappa shape index (κ2) is 6.61. The van der Waals surface area contributed by atoms with Gasteiger partial charge in [-0.15, -0.1) is 0 Å². The molecule has 0 aliphatic heterocycles. The lowest BCUT2D eigenvalue weighted by Gasteiger charge is -1.99. The minimum atomic E-state index is -0.139. The number of aromatic amines is 1. The monoisotopic (exact) mass is 364 g/mol. The number of fused-ring (bicyclic) bond motifs is 1. The number of benzene rings is 2. The fourth-order valence-corrected chi connectivity index (χ4v) is 3.50. The SMILES string of the molecule is COc1ccc2nc(/N=C/c3c(C)[nH]n(-c4ccccc4)c3=O)sc2c1. The van der Waals surface area contributed by atoms with Gasteiger partial charge in [-0.2, -0.15) is 0 Å². The number of aryl methyl sites for hydroxylation is 1. The van der Waals surface area contributed by atoms with E-state index >= 15 is 0 Å². The largest absolute Gasteiger partial charge is 0.497 e. The van der Waals surface area contributed by atoms with E-state index in [0.717, 1.165) is 27.3 Å². The molecule has 0 unspecified atom stereocenters. The highest BCUT2D eigenvalue weighted by molar-refractivity contribution is 7.22. The highest BCUT2D eigenvalue weighted by Gasteiger charge is 2.11. The molecule has 2 aromatic carbocycles. The molecule has 0 aliphatic rings. The zero-order valence-electron chi connectivity index (χ0n) is 14.3. The third-order valence-electron chi connectivity index (χ3n) is 4.02. The minimum Gasteiger partial charge on any atom is -0.497 e. The lowest BCUT2D eigenvalue weighted by Crippen LogP contribution is -2.17. The van der Waals surface area contributed by atoms with E-state index in [1.165, 1.54) is 16.0 Å². The number of nitrogens with one attached hydrogen (secondary N) is 1. The van der Waals surface area contributed by atoms with E-state index < -0.39 is 0 Å². The Morgan fingerprint density at radius 3 is 2.81 bits per heavy atom. The average Bonchev–Trinajstić information content (AvgIpc) is 3.20. The van der Waals surface area contributed by atoms with E-state index in [-0.39, 0.29) is 5.56 Å². The third-order valence-corrected chi connectivity index (χ3v) is 4.95. The van der Waals surface area contributed by atoms with Gasteiger partial charge in [0.05, 0.1) is 28.6 Å². The van der Waals surface area contributed by atoms with E-state index in [1.54, 1.807) is 13.3 Å². The molecule has 0 atom stereocenters. The maximum atomic E-state index is 12.7. The lowest BCUT2D eigenvalue weighted by atomic mass is 10.3. The first-order valence-corrected chi connectivity index (χ1v) is 8.83. The van der Waals surface area contributed by atoms with Crippen LogP contribution in [0.15, 0.2) is 58.3 Å². The van der Waals surface area contributed by atoms with Crippen LogP contribution < -0.4 is 10.3 Å². The van der Waals surface area contributed by atoms with Gasteiger partial charge >= 0.3 is 0 Å². The molecule has 26 heavy (non-hydrogen) atoms. The number of aliphatic imine (C=N–C) groups is 1. The number of thiazole rings is 1. The van der Waals surface area contributed by atoms with E-state index in [2.05, 4.69) is 15.1 Å². The average molecular weight is 364 g/mol. The number of nitrogens with zero attached hydrogens (tertiary/aromatic N) is 3. The Morgan fingerprint density at radius 2 is 2.04 bits per heavy atom. The molecule has 0 radical (unpaired) electrons. The van der Waals surface area contributed by atoms with Crippen molar-refractivity contribution in [1.29, 1.82) is 0 Å². The highest BCUT2D eigenvalue weighted by atomic mass is 32.1. The van der Waals surface area contributed by atoms with Crippen molar-refractivity contribution < 1.29 is 4.74 Å². The van der Waals surface area contributed by atoms with Crippen molar-refractivity contribution in [1.82, 2.24) is 14.8 Å². The van der Waals surface area contributed by atoms with Crippen molar-refractivity contribution in [3.8, 4) is 11.4 Å².